The summed E-state index contributed by atoms with van der Waals surface area (Å²) in [4.78, 5) is 24.5. The molecule has 0 bridgehead atoms. The first-order valence-electron chi connectivity index (χ1n) is 6.40. The van der Waals surface area contributed by atoms with Crippen molar-refractivity contribution in [2.24, 2.45) is 0 Å². The van der Waals surface area contributed by atoms with Crippen molar-refractivity contribution in [1.82, 2.24) is 4.90 Å². The number of carboxylic acid groups (broad SMARTS) is 1. The summed E-state index contributed by atoms with van der Waals surface area (Å²) >= 11 is 1.42. The fourth-order valence-electron chi connectivity index (χ4n) is 2.01. The second-order valence-corrected chi connectivity index (χ2v) is 5.66. The number of nitrogens with zero attached hydrogens (tertiary/aromatic N) is 1. The SMILES string of the molecule is COc1cc(C)ccc1OCC(=O)N1CSCC1C(=O)O. The topological polar surface area (TPSA) is 76.1 Å². The van der Waals surface area contributed by atoms with Crippen molar-refractivity contribution >= 4 is 23.6 Å². The van der Waals surface area contributed by atoms with Gasteiger partial charge in [-0.2, -0.15) is 0 Å². The fraction of sp³-hybridized carbons (Fsp3) is 0.429. The highest BCUT2D eigenvalue weighted by molar-refractivity contribution is 7.99. The minimum absolute atomic E-state index is 0.205. The van der Waals surface area contributed by atoms with Crippen LogP contribution >= 0.6 is 11.8 Å². The minimum Gasteiger partial charge on any atom is -0.493 e. The molecule has 1 amide bonds. The van der Waals surface area contributed by atoms with E-state index < -0.39 is 12.0 Å². The second-order valence-electron chi connectivity index (χ2n) is 4.66. The smallest absolute Gasteiger partial charge is 0.327 e. The predicted molar refractivity (Wildman–Crippen MR) is 78.8 cm³/mol. The van der Waals surface area contributed by atoms with Gasteiger partial charge in [0.15, 0.2) is 18.1 Å². The monoisotopic (exact) mass is 311 g/mol. The molecule has 2 rings (SSSR count). The van der Waals surface area contributed by atoms with E-state index in [1.54, 1.807) is 6.07 Å². The van der Waals surface area contributed by atoms with E-state index in [1.165, 1.54) is 23.8 Å². The molecule has 6 nitrogen and oxygen atoms in total. The number of hydrogen-bond acceptors (Lipinski definition) is 5. The summed E-state index contributed by atoms with van der Waals surface area (Å²) in [6.07, 6.45) is 0. The lowest BCUT2D eigenvalue weighted by atomic mass is 10.2. The molecule has 1 heterocycles. The molecule has 1 aromatic carbocycles. The fourth-order valence-corrected chi connectivity index (χ4v) is 3.18. The number of carbonyl (C=O) groups is 2. The van der Waals surface area contributed by atoms with Crippen LogP contribution < -0.4 is 9.47 Å². The highest BCUT2D eigenvalue weighted by Crippen LogP contribution is 2.28. The highest BCUT2D eigenvalue weighted by Gasteiger charge is 2.34. The zero-order valence-corrected chi connectivity index (χ0v) is 12.7. The van der Waals surface area contributed by atoms with Crippen LogP contribution in [-0.2, 0) is 9.59 Å². The van der Waals surface area contributed by atoms with E-state index >= 15 is 0 Å². The summed E-state index contributed by atoms with van der Waals surface area (Å²) < 4.78 is 10.7. The molecule has 1 atom stereocenters. The van der Waals surface area contributed by atoms with E-state index in [1.807, 2.05) is 19.1 Å². The number of aliphatic carboxylic acids is 1. The third-order valence-corrected chi connectivity index (χ3v) is 4.17. The molecule has 0 radical (unpaired) electrons. The molecule has 1 unspecified atom stereocenters. The number of carboxylic acids is 1. The maximum atomic E-state index is 12.1. The summed E-state index contributed by atoms with van der Waals surface area (Å²) in [7, 11) is 1.53. The average molecular weight is 311 g/mol. The highest BCUT2D eigenvalue weighted by atomic mass is 32.2. The predicted octanol–water partition coefficient (Wildman–Crippen LogP) is 1.37. The molecule has 1 fully saturated rings. The molecule has 21 heavy (non-hydrogen) atoms. The zero-order valence-electron chi connectivity index (χ0n) is 11.9. The zero-order chi connectivity index (χ0) is 15.4. The number of rotatable bonds is 5. The van der Waals surface area contributed by atoms with Gasteiger partial charge in [0.2, 0.25) is 0 Å². The van der Waals surface area contributed by atoms with Crippen molar-refractivity contribution in [3.63, 3.8) is 0 Å². The van der Waals surface area contributed by atoms with Gasteiger partial charge in [-0.3, -0.25) is 4.79 Å². The normalized spacial score (nSPS) is 17.6. The van der Waals surface area contributed by atoms with Crippen molar-refractivity contribution in [3.8, 4) is 11.5 Å². The first-order chi connectivity index (χ1) is 10.0. The number of ether oxygens (including phenoxy) is 2. The Hall–Kier alpha value is -1.89. The van der Waals surface area contributed by atoms with Gasteiger partial charge in [0.25, 0.3) is 5.91 Å². The molecule has 1 aromatic rings. The van der Waals surface area contributed by atoms with Crippen LogP contribution in [0, 0.1) is 6.92 Å². The largest absolute Gasteiger partial charge is 0.493 e. The maximum Gasteiger partial charge on any atom is 0.327 e. The average Bonchev–Trinajstić information content (AvgIpc) is 2.95. The van der Waals surface area contributed by atoms with Gasteiger partial charge < -0.3 is 19.5 Å². The lowest BCUT2D eigenvalue weighted by molar-refractivity contribution is -0.148. The van der Waals surface area contributed by atoms with Gasteiger partial charge in [0.1, 0.15) is 6.04 Å². The van der Waals surface area contributed by atoms with E-state index in [-0.39, 0.29) is 12.5 Å². The lowest BCUT2D eigenvalue weighted by Gasteiger charge is -2.20. The molecule has 1 saturated heterocycles. The van der Waals surface area contributed by atoms with Gasteiger partial charge in [-0.1, -0.05) is 6.07 Å². The van der Waals surface area contributed by atoms with Crippen LogP contribution in [0.1, 0.15) is 5.56 Å². The molecule has 0 spiro atoms. The molecular formula is C14H17NO5S. The third-order valence-electron chi connectivity index (χ3n) is 3.16. The van der Waals surface area contributed by atoms with Crippen LogP contribution in [0.2, 0.25) is 0 Å². The van der Waals surface area contributed by atoms with Crippen LogP contribution in [0.4, 0.5) is 0 Å². The third kappa shape index (κ3) is 3.60. The Morgan fingerprint density at radius 3 is 2.86 bits per heavy atom. The molecule has 0 saturated carbocycles. The van der Waals surface area contributed by atoms with Crippen molar-refractivity contribution < 1.29 is 24.2 Å². The van der Waals surface area contributed by atoms with E-state index in [2.05, 4.69) is 0 Å². The van der Waals surface area contributed by atoms with E-state index in [9.17, 15) is 9.59 Å². The Labute approximate surface area is 127 Å². The molecule has 7 heteroatoms. The summed E-state index contributed by atoms with van der Waals surface area (Å²) in [6.45, 7) is 1.72. The number of methoxy groups -OCH3 is 1. The van der Waals surface area contributed by atoms with E-state index in [0.717, 1.165) is 5.56 Å². The first kappa shape index (κ1) is 15.5. The standard InChI is InChI=1S/C14H17NO5S/c1-9-3-4-11(12(5-9)19-2)20-6-13(16)15-8-21-7-10(15)14(17)18/h3-5,10H,6-8H2,1-2H3,(H,17,18). The quantitative estimate of drug-likeness (QED) is 0.885. The maximum absolute atomic E-state index is 12.1. The van der Waals surface area contributed by atoms with E-state index in [0.29, 0.717) is 23.1 Å². The Bertz CT molecular complexity index is 548. The minimum atomic E-state index is -0.985. The number of aryl methyl sites for hydroxylation is 1. The molecule has 1 aliphatic rings. The van der Waals surface area contributed by atoms with Gasteiger partial charge >= 0.3 is 5.97 Å². The van der Waals surface area contributed by atoms with Gasteiger partial charge in [-0.25, -0.2) is 4.79 Å². The Morgan fingerprint density at radius 1 is 1.43 bits per heavy atom. The number of benzene rings is 1. The summed E-state index contributed by atoms with van der Waals surface area (Å²) in [5.74, 6) is 0.485. The molecule has 1 aliphatic heterocycles. The van der Waals surface area contributed by atoms with Crippen molar-refractivity contribution in [3.05, 3.63) is 23.8 Å². The molecule has 0 aromatic heterocycles. The number of thioether (sulfide) groups is 1. The Morgan fingerprint density at radius 2 is 2.19 bits per heavy atom. The number of amides is 1. The van der Waals surface area contributed by atoms with Gasteiger partial charge in [-0.15, -0.1) is 11.8 Å². The first-order valence-corrected chi connectivity index (χ1v) is 7.56. The van der Waals surface area contributed by atoms with Crippen LogP contribution in [-0.4, -0.2) is 53.3 Å². The lowest BCUT2D eigenvalue weighted by Crippen LogP contribution is -2.43. The Balaban J connectivity index is 1.99. The van der Waals surface area contributed by atoms with Gasteiger partial charge in [0.05, 0.1) is 13.0 Å². The Kier molecular flexibility index (Phi) is 4.95. The summed E-state index contributed by atoms with van der Waals surface area (Å²) in [5.41, 5.74) is 1.02. The van der Waals surface area contributed by atoms with Crippen LogP contribution in [0.3, 0.4) is 0 Å². The summed E-state index contributed by atoms with van der Waals surface area (Å²) in [5, 5.41) is 9.06. The van der Waals surface area contributed by atoms with Crippen molar-refractivity contribution in [2.75, 3.05) is 25.3 Å². The van der Waals surface area contributed by atoms with Crippen molar-refractivity contribution in [2.45, 2.75) is 13.0 Å². The van der Waals surface area contributed by atoms with Crippen LogP contribution in [0.15, 0.2) is 18.2 Å². The summed E-state index contributed by atoms with van der Waals surface area (Å²) in [6, 6.07) is 4.63. The van der Waals surface area contributed by atoms with Crippen LogP contribution in [0.25, 0.3) is 0 Å². The molecular weight excluding hydrogens is 294 g/mol. The molecule has 114 valence electrons. The van der Waals surface area contributed by atoms with Gasteiger partial charge in [-0.05, 0) is 24.6 Å². The molecule has 1 N–H and O–H groups in total. The second kappa shape index (κ2) is 6.71. The van der Waals surface area contributed by atoms with Crippen molar-refractivity contribution in [1.29, 1.82) is 0 Å². The van der Waals surface area contributed by atoms with Crippen LogP contribution in [0.5, 0.6) is 11.5 Å². The molecule has 0 aliphatic carbocycles. The number of carbonyl (C=O) groups excluding carboxylic acids is 1. The van der Waals surface area contributed by atoms with E-state index in [4.69, 9.17) is 14.6 Å². The van der Waals surface area contributed by atoms with Gasteiger partial charge in [0, 0.05) is 5.75 Å². The number of hydrogen-bond donors (Lipinski definition) is 1.